The molecule has 1 N–H and O–H groups in total. The molecule has 0 radical (unpaired) electrons. The second-order valence-corrected chi connectivity index (χ2v) is 7.00. The van der Waals surface area contributed by atoms with Crippen LogP contribution in [0.1, 0.15) is 29.3 Å². The van der Waals surface area contributed by atoms with Crippen molar-refractivity contribution < 1.29 is 23.9 Å². The van der Waals surface area contributed by atoms with Crippen LogP contribution in [0.15, 0.2) is 48.5 Å². The van der Waals surface area contributed by atoms with Gasteiger partial charge in [-0.2, -0.15) is 0 Å². The van der Waals surface area contributed by atoms with E-state index in [4.69, 9.17) is 16.3 Å². The molecular weight excluding hydrogens is 396 g/mol. The highest BCUT2D eigenvalue weighted by atomic mass is 35.5. The number of amides is 3. The first-order chi connectivity index (χ1) is 13.8. The van der Waals surface area contributed by atoms with Crippen LogP contribution < -0.4 is 5.32 Å². The maximum Gasteiger partial charge on any atom is 0.308 e. The molecule has 0 unspecified atom stereocenters. The summed E-state index contributed by atoms with van der Waals surface area (Å²) in [4.78, 5) is 50.0. The number of imide groups is 1. The first kappa shape index (κ1) is 20.5. The number of anilines is 1. The van der Waals surface area contributed by atoms with Gasteiger partial charge in [-0.1, -0.05) is 29.8 Å². The van der Waals surface area contributed by atoms with Crippen molar-refractivity contribution in [1.29, 1.82) is 0 Å². The quantitative estimate of drug-likeness (QED) is 0.579. The number of nitrogens with zero attached hydrogens (tertiary/aromatic N) is 1. The molecule has 2 aromatic rings. The zero-order valence-corrected chi connectivity index (χ0v) is 16.4. The average Bonchev–Trinajstić information content (AvgIpc) is 2.69. The van der Waals surface area contributed by atoms with Gasteiger partial charge in [-0.15, -0.1) is 0 Å². The van der Waals surface area contributed by atoms with Gasteiger partial charge >= 0.3 is 5.97 Å². The number of carbonyl (C=O) groups is 4. The van der Waals surface area contributed by atoms with Crippen LogP contribution in [0, 0.1) is 0 Å². The molecule has 1 atom stereocenters. The smallest absolute Gasteiger partial charge is 0.308 e. The van der Waals surface area contributed by atoms with Gasteiger partial charge in [-0.3, -0.25) is 24.1 Å². The first-order valence-corrected chi connectivity index (χ1v) is 9.41. The number of esters is 1. The van der Waals surface area contributed by atoms with Crippen LogP contribution in [0.3, 0.4) is 0 Å². The van der Waals surface area contributed by atoms with Gasteiger partial charge in [0.15, 0.2) is 6.10 Å². The lowest BCUT2D eigenvalue weighted by atomic mass is 9.98. The molecule has 0 aliphatic carbocycles. The van der Waals surface area contributed by atoms with Crippen LogP contribution in [-0.2, 0) is 25.5 Å². The number of nitrogens with one attached hydrogen (secondary N) is 1. The van der Waals surface area contributed by atoms with Gasteiger partial charge in [-0.05, 0) is 42.8 Å². The number of ether oxygens (including phenoxy) is 1. The lowest BCUT2D eigenvalue weighted by Crippen LogP contribution is -2.43. The third kappa shape index (κ3) is 5.00. The second-order valence-electron chi connectivity index (χ2n) is 6.56. The highest BCUT2D eigenvalue weighted by Crippen LogP contribution is 2.20. The average molecular weight is 415 g/mol. The van der Waals surface area contributed by atoms with Gasteiger partial charge in [0.2, 0.25) is 5.91 Å². The highest BCUT2D eigenvalue weighted by Gasteiger charge is 2.31. The Labute approximate surface area is 172 Å². The molecule has 0 aromatic heterocycles. The van der Waals surface area contributed by atoms with Gasteiger partial charge < -0.3 is 10.1 Å². The summed E-state index contributed by atoms with van der Waals surface area (Å²) in [6.07, 6.45) is -1.12. The van der Waals surface area contributed by atoms with Crippen molar-refractivity contribution in [3.8, 4) is 0 Å². The molecule has 0 saturated carbocycles. The number of carbonyl (C=O) groups excluding carboxylic acids is 4. The van der Waals surface area contributed by atoms with Crippen molar-refractivity contribution in [3.63, 3.8) is 0 Å². The van der Waals surface area contributed by atoms with E-state index in [0.29, 0.717) is 21.8 Å². The summed E-state index contributed by atoms with van der Waals surface area (Å²) in [6.45, 7) is 1.34. The van der Waals surface area contributed by atoms with Crippen LogP contribution in [0.4, 0.5) is 5.69 Å². The summed E-state index contributed by atoms with van der Waals surface area (Å²) >= 11 is 5.79. The Morgan fingerprint density at radius 3 is 2.55 bits per heavy atom. The molecule has 3 amide bonds. The maximum absolute atomic E-state index is 12.5. The lowest BCUT2D eigenvalue weighted by Gasteiger charge is -2.26. The van der Waals surface area contributed by atoms with Gasteiger partial charge in [0.25, 0.3) is 11.8 Å². The molecule has 1 aliphatic rings. The number of hydrogen-bond acceptors (Lipinski definition) is 5. The van der Waals surface area contributed by atoms with Crippen molar-refractivity contribution in [1.82, 2.24) is 4.90 Å². The molecule has 3 rings (SSSR count). The first-order valence-electron chi connectivity index (χ1n) is 9.03. The maximum atomic E-state index is 12.5. The summed E-state index contributed by atoms with van der Waals surface area (Å²) in [5.41, 5.74) is 1.65. The summed E-state index contributed by atoms with van der Waals surface area (Å²) in [7, 11) is 0. The van der Waals surface area contributed by atoms with Gasteiger partial charge in [0, 0.05) is 22.8 Å². The van der Waals surface area contributed by atoms with Gasteiger partial charge in [0.05, 0.1) is 12.8 Å². The van der Waals surface area contributed by atoms with Crippen molar-refractivity contribution in [2.45, 2.75) is 25.9 Å². The van der Waals surface area contributed by atoms with E-state index >= 15 is 0 Å². The molecule has 150 valence electrons. The van der Waals surface area contributed by atoms with Gasteiger partial charge in [-0.25, -0.2) is 0 Å². The monoisotopic (exact) mass is 414 g/mol. The van der Waals surface area contributed by atoms with Crippen LogP contribution in [-0.4, -0.2) is 41.2 Å². The number of benzene rings is 2. The second kappa shape index (κ2) is 8.87. The van der Waals surface area contributed by atoms with Gasteiger partial charge in [0.1, 0.15) is 0 Å². The van der Waals surface area contributed by atoms with Crippen LogP contribution in [0.2, 0.25) is 5.02 Å². The molecule has 29 heavy (non-hydrogen) atoms. The molecule has 7 nitrogen and oxygen atoms in total. The summed E-state index contributed by atoms with van der Waals surface area (Å²) in [5, 5.41) is 3.15. The fourth-order valence-corrected chi connectivity index (χ4v) is 3.04. The Bertz CT molecular complexity index is 958. The predicted molar refractivity (Wildman–Crippen MR) is 106 cm³/mol. The number of rotatable bonds is 6. The fourth-order valence-electron chi connectivity index (χ4n) is 2.92. The minimum Gasteiger partial charge on any atom is -0.452 e. The minimum atomic E-state index is -1.04. The van der Waals surface area contributed by atoms with Crippen LogP contribution >= 0.6 is 11.6 Å². The summed E-state index contributed by atoms with van der Waals surface area (Å²) in [5.74, 6) is -1.98. The van der Waals surface area contributed by atoms with Crippen LogP contribution in [0.5, 0.6) is 0 Å². The molecule has 2 aromatic carbocycles. The van der Waals surface area contributed by atoms with Crippen molar-refractivity contribution in [3.05, 3.63) is 64.7 Å². The van der Waals surface area contributed by atoms with E-state index < -0.39 is 23.9 Å². The Morgan fingerprint density at radius 1 is 1.14 bits per heavy atom. The summed E-state index contributed by atoms with van der Waals surface area (Å²) < 4.78 is 5.11. The standard InChI is InChI=1S/C21H19ClN2O5/c1-13(20(27)23-16-8-6-15(22)7-9-16)29-19(26)10-11-24-18(25)12-14-4-2-3-5-17(14)21(24)28/h2-9,13H,10-12H2,1H3,(H,23,27)/t13-/m1/s1. The third-order valence-electron chi connectivity index (χ3n) is 4.46. The number of fused-ring (bicyclic) bond motifs is 1. The zero-order valence-electron chi connectivity index (χ0n) is 15.7. The van der Waals surface area contributed by atoms with E-state index in [2.05, 4.69) is 5.32 Å². The largest absolute Gasteiger partial charge is 0.452 e. The molecule has 0 fully saturated rings. The molecule has 0 spiro atoms. The van der Waals surface area contributed by atoms with E-state index in [1.54, 1.807) is 48.5 Å². The van der Waals surface area contributed by atoms with Crippen molar-refractivity contribution >= 4 is 41.0 Å². The predicted octanol–water partition coefficient (Wildman–Crippen LogP) is 2.83. The molecule has 1 heterocycles. The Morgan fingerprint density at radius 2 is 1.83 bits per heavy atom. The Hall–Kier alpha value is -3.19. The zero-order chi connectivity index (χ0) is 21.0. The molecular formula is C21H19ClN2O5. The van der Waals surface area contributed by atoms with Crippen LogP contribution in [0.25, 0.3) is 0 Å². The fraction of sp³-hybridized carbons (Fsp3) is 0.238. The van der Waals surface area contributed by atoms with E-state index in [1.165, 1.54) is 6.92 Å². The highest BCUT2D eigenvalue weighted by molar-refractivity contribution is 6.30. The third-order valence-corrected chi connectivity index (χ3v) is 4.72. The summed E-state index contributed by atoms with van der Waals surface area (Å²) in [6, 6.07) is 13.4. The Kier molecular flexibility index (Phi) is 6.29. The van der Waals surface area contributed by atoms with E-state index in [9.17, 15) is 19.2 Å². The molecule has 0 bridgehead atoms. The van der Waals surface area contributed by atoms with E-state index in [0.717, 1.165) is 4.90 Å². The van der Waals surface area contributed by atoms with Crippen molar-refractivity contribution in [2.75, 3.05) is 11.9 Å². The van der Waals surface area contributed by atoms with Crippen molar-refractivity contribution in [2.24, 2.45) is 0 Å². The topological polar surface area (TPSA) is 92.8 Å². The molecule has 1 aliphatic heterocycles. The normalized spacial score (nSPS) is 14.2. The lowest BCUT2D eigenvalue weighted by molar-refractivity contribution is -0.153. The molecule has 0 saturated heterocycles. The SMILES string of the molecule is C[C@@H](OC(=O)CCN1C(=O)Cc2ccccc2C1=O)C(=O)Nc1ccc(Cl)cc1. The molecule has 8 heteroatoms. The number of hydrogen-bond donors (Lipinski definition) is 1. The minimum absolute atomic E-state index is 0.101. The van der Waals surface area contributed by atoms with E-state index in [-0.39, 0.29) is 25.3 Å². The Balaban J connectivity index is 1.51. The number of halogens is 1. The van der Waals surface area contributed by atoms with E-state index in [1.807, 2.05) is 0 Å².